The highest BCUT2D eigenvalue weighted by Crippen LogP contribution is 2.16. The molecule has 108 valence electrons. The van der Waals surface area contributed by atoms with Gasteiger partial charge < -0.3 is 9.73 Å². The maximum Gasteiger partial charge on any atom is 0.275 e. The summed E-state index contributed by atoms with van der Waals surface area (Å²) in [6.45, 7) is 1.98. The van der Waals surface area contributed by atoms with E-state index in [1.54, 1.807) is 20.0 Å². The van der Waals surface area contributed by atoms with Crippen molar-refractivity contribution in [2.24, 2.45) is 0 Å². The van der Waals surface area contributed by atoms with E-state index in [4.69, 9.17) is 4.42 Å². The molecule has 0 aliphatic carbocycles. The Labute approximate surface area is 113 Å². The lowest BCUT2D eigenvalue weighted by molar-refractivity contribution is -0.122. The minimum atomic E-state index is -3.56. The number of hydrogen-bond donors (Lipinski definition) is 2. The third kappa shape index (κ3) is 3.79. The third-order valence-electron chi connectivity index (χ3n) is 2.59. The van der Waals surface area contributed by atoms with Crippen LogP contribution in [0.5, 0.6) is 0 Å². The molecule has 1 atom stereocenters. The Morgan fingerprint density at radius 1 is 1.42 bits per heavy atom. The third-order valence-corrected chi connectivity index (χ3v) is 4.28. The number of amides is 1. The van der Waals surface area contributed by atoms with Crippen molar-refractivity contribution in [3.05, 3.63) is 17.9 Å². The fourth-order valence-electron chi connectivity index (χ4n) is 1.33. The van der Waals surface area contributed by atoms with Crippen molar-refractivity contribution < 1.29 is 17.6 Å². The fourth-order valence-corrected chi connectivity index (χ4v) is 2.15. The first-order chi connectivity index (χ1) is 8.78. The molecule has 19 heavy (non-hydrogen) atoms. The first-order valence-corrected chi connectivity index (χ1v) is 7.19. The van der Waals surface area contributed by atoms with E-state index in [-0.39, 0.29) is 23.6 Å². The molecule has 1 amide bonds. The van der Waals surface area contributed by atoms with Gasteiger partial charge >= 0.3 is 0 Å². The van der Waals surface area contributed by atoms with Crippen LogP contribution in [0, 0.1) is 0 Å². The van der Waals surface area contributed by atoms with Crippen LogP contribution >= 0.6 is 0 Å². The zero-order valence-corrected chi connectivity index (χ0v) is 12.2. The molecule has 0 saturated carbocycles. The van der Waals surface area contributed by atoms with E-state index in [0.717, 1.165) is 4.31 Å². The number of furan rings is 1. The van der Waals surface area contributed by atoms with Gasteiger partial charge in [0.2, 0.25) is 11.0 Å². The Morgan fingerprint density at radius 3 is 2.58 bits per heavy atom. The summed E-state index contributed by atoms with van der Waals surface area (Å²) in [5, 5.41) is 5.33. The summed E-state index contributed by atoms with van der Waals surface area (Å²) >= 11 is 0. The quantitative estimate of drug-likeness (QED) is 0.754. The van der Waals surface area contributed by atoms with E-state index in [0.29, 0.717) is 5.76 Å². The summed E-state index contributed by atoms with van der Waals surface area (Å²) < 4.78 is 29.9. The molecule has 1 aromatic heterocycles. The molecule has 2 N–H and O–H groups in total. The average Bonchev–Trinajstić information content (AvgIpc) is 2.84. The van der Waals surface area contributed by atoms with Gasteiger partial charge in [0, 0.05) is 21.1 Å². The molecule has 0 bridgehead atoms. The number of nitrogens with one attached hydrogen (secondary N) is 2. The van der Waals surface area contributed by atoms with Crippen molar-refractivity contribution in [3.63, 3.8) is 0 Å². The molecule has 0 saturated heterocycles. The highest BCUT2D eigenvalue weighted by atomic mass is 32.2. The Bertz CT molecular complexity index is 536. The minimum Gasteiger partial charge on any atom is -0.447 e. The van der Waals surface area contributed by atoms with Crippen LogP contribution in [-0.4, -0.2) is 45.8 Å². The van der Waals surface area contributed by atoms with Gasteiger partial charge in [0.05, 0.1) is 12.6 Å². The Morgan fingerprint density at radius 2 is 2.05 bits per heavy atom. The van der Waals surface area contributed by atoms with Crippen LogP contribution in [0.15, 0.2) is 21.6 Å². The molecule has 0 aromatic carbocycles. The van der Waals surface area contributed by atoms with Crippen molar-refractivity contribution in [2.45, 2.75) is 24.6 Å². The summed E-state index contributed by atoms with van der Waals surface area (Å²) in [6, 6.07) is 2.58. The van der Waals surface area contributed by atoms with E-state index in [9.17, 15) is 13.2 Å². The molecule has 0 aliphatic heterocycles. The molecule has 0 radical (unpaired) electrons. The van der Waals surface area contributed by atoms with Crippen molar-refractivity contribution >= 4 is 15.9 Å². The van der Waals surface area contributed by atoms with Crippen LogP contribution in [0.25, 0.3) is 0 Å². The predicted octanol–water partition coefficient (Wildman–Crippen LogP) is -0.246. The van der Waals surface area contributed by atoms with Gasteiger partial charge in [-0.2, -0.15) is 0 Å². The average molecular weight is 289 g/mol. The zero-order valence-electron chi connectivity index (χ0n) is 11.4. The molecule has 0 aliphatic rings. The zero-order chi connectivity index (χ0) is 14.6. The number of carbonyl (C=O) groups is 1. The molecule has 1 aromatic rings. The number of hydrogen-bond acceptors (Lipinski definition) is 5. The minimum absolute atomic E-state index is 0.109. The van der Waals surface area contributed by atoms with E-state index in [1.807, 2.05) is 0 Å². The Balaban J connectivity index is 2.69. The predicted molar refractivity (Wildman–Crippen MR) is 69.9 cm³/mol. The maximum atomic E-state index is 11.8. The summed E-state index contributed by atoms with van der Waals surface area (Å²) in [5.74, 6) is 0.309. The lowest BCUT2D eigenvalue weighted by Gasteiger charge is -2.11. The number of likely N-dealkylation sites (N-methyl/N-ethyl adjacent to an activating group) is 1. The molecule has 1 unspecified atom stereocenters. The number of nitrogens with zero attached hydrogens (tertiary/aromatic N) is 1. The fraction of sp³-hybridized carbons (Fsp3) is 0.545. The van der Waals surface area contributed by atoms with Crippen molar-refractivity contribution in [3.8, 4) is 0 Å². The van der Waals surface area contributed by atoms with Crippen LogP contribution in [0.2, 0.25) is 0 Å². The molecule has 1 heterocycles. The molecule has 0 spiro atoms. The standard InChI is InChI=1S/C11H19N3O4S/c1-8(11(15)12-2)13-7-9-5-6-10(18-9)19(16,17)14(3)4/h5-6,8,13H,7H2,1-4H3,(H,12,15). The summed E-state index contributed by atoms with van der Waals surface area (Å²) in [5.41, 5.74) is 0. The maximum absolute atomic E-state index is 11.8. The van der Waals surface area contributed by atoms with Crippen LogP contribution in [0.4, 0.5) is 0 Å². The second-order valence-electron chi connectivity index (χ2n) is 4.23. The molecular weight excluding hydrogens is 270 g/mol. The van der Waals surface area contributed by atoms with Crippen molar-refractivity contribution in [2.75, 3.05) is 21.1 Å². The molecule has 1 rings (SSSR count). The summed E-state index contributed by atoms with van der Waals surface area (Å²) in [4.78, 5) is 11.3. The van der Waals surface area contributed by atoms with Gasteiger partial charge in [-0.3, -0.25) is 10.1 Å². The number of rotatable bonds is 6. The molecular formula is C11H19N3O4S. The smallest absolute Gasteiger partial charge is 0.275 e. The van der Waals surface area contributed by atoms with E-state index >= 15 is 0 Å². The van der Waals surface area contributed by atoms with Crippen LogP contribution < -0.4 is 10.6 Å². The van der Waals surface area contributed by atoms with Gasteiger partial charge in [-0.05, 0) is 19.1 Å². The number of sulfonamides is 1. The largest absolute Gasteiger partial charge is 0.447 e. The van der Waals surface area contributed by atoms with Gasteiger partial charge in [0.15, 0.2) is 0 Å². The number of carbonyl (C=O) groups excluding carboxylic acids is 1. The second kappa shape index (κ2) is 6.18. The van der Waals surface area contributed by atoms with Gasteiger partial charge in [0.1, 0.15) is 5.76 Å². The SMILES string of the molecule is CNC(=O)C(C)NCc1ccc(S(=O)(=O)N(C)C)o1. The van der Waals surface area contributed by atoms with E-state index in [2.05, 4.69) is 10.6 Å². The lowest BCUT2D eigenvalue weighted by atomic mass is 10.3. The van der Waals surface area contributed by atoms with Crippen LogP contribution in [-0.2, 0) is 21.4 Å². The summed E-state index contributed by atoms with van der Waals surface area (Å²) in [7, 11) is 0.863. The van der Waals surface area contributed by atoms with Gasteiger partial charge in [0.25, 0.3) is 10.0 Å². The van der Waals surface area contributed by atoms with Gasteiger partial charge in [-0.1, -0.05) is 0 Å². The topological polar surface area (TPSA) is 91.7 Å². The van der Waals surface area contributed by atoms with Crippen LogP contribution in [0.1, 0.15) is 12.7 Å². The van der Waals surface area contributed by atoms with Gasteiger partial charge in [-0.25, -0.2) is 12.7 Å². The van der Waals surface area contributed by atoms with Crippen molar-refractivity contribution in [1.29, 1.82) is 0 Å². The first kappa shape index (κ1) is 15.7. The summed E-state index contributed by atoms with van der Waals surface area (Å²) in [6.07, 6.45) is 0. The monoisotopic (exact) mass is 289 g/mol. The highest BCUT2D eigenvalue weighted by Gasteiger charge is 2.21. The van der Waals surface area contributed by atoms with Gasteiger partial charge in [-0.15, -0.1) is 0 Å². The Kier molecular flexibility index (Phi) is 5.10. The van der Waals surface area contributed by atoms with Crippen LogP contribution in [0.3, 0.4) is 0 Å². The first-order valence-electron chi connectivity index (χ1n) is 5.75. The molecule has 8 heteroatoms. The Hall–Kier alpha value is -1.38. The van der Waals surface area contributed by atoms with Crippen molar-refractivity contribution in [1.82, 2.24) is 14.9 Å². The highest BCUT2D eigenvalue weighted by molar-refractivity contribution is 7.88. The molecule has 7 nitrogen and oxygen atoms in total. The normalized spacial score (nSPS) is 13.5. The van der Waals surface area contributed by atoms with E-state index in [1.165, 1.54) is 20.2 Å². The van der Waals surface area contributed by atoms with E-state index < -0.39 is 10.0 Å². The molecule has 0 fully saturated rings. The lowest BCUT2D eigenvalue weighted by Crippen LogP contribution is -2.40. The second-order valence-corrected chi connectivity index (χ2v) is 6.31.